The molecule has 14 heavy (non-hydrogen) atoms. The van der Waals surface area contributed by atoms with Crippen LogP contribution in [0.4, 0.5) is 0 Å². The quantitative estimate of drug-likeness (QED) is 0.721. The minimum Gasteiger partial charge on any atom is -0.492 e. The maximum Gasteiger partial charge on any atom is 0.203 e. The summed E-state index contributed by atoms with van der Waals surface area (Å²) in [6.45, 7) is 3.30. The number of rotatable bonds is 2. The van der Waals surface area contributed by atoms with E-state index in [0.717, 1.165) is 29.2 Å². The SMILES string of the molecule is CCc1ccc2c(c1OC)OCCO2. The van der Waals surface area contributed by atoms with Crippen LogP contribution in [-0.2, 0) is 6.42 Å². The van der Waals surface area contributed by atoms with E-state index < -0.39 is 0 Å². The summed E-state index contributed by atoms with van der Waals surface area (Å²) < 4.78 is 16.3. The van der Waals surface area contributed by atoms with Gasteiger partial charge in [-0.15, -0.1) is 0 Å². The van der Waals surface area contributed by atoms with E-state index in [1.807, 2.05) is 12.1 Å². The van der Waals surface area contributed by atoms with Crippen molar-refractivity contribution >= 4 is 0 Å². The summed E-state index contributed by atoms with van der Waals surface area (Å²) in [7, 11) is 1.66. The van der Waals surface area contributed by atoms with Gasteiger partial charge in [-0.2, -0.15) is 0 Å². The number of aryl methyl sites for hydroxylation is 1. The Kier molecular flexibility index (Phi) is 2.48. The highest BCUT2D eigenvalue weighted by molar-refractivity contribution is 5.56. The summed E-state index contributed by atoms with van der Waals surface area (Å²) in [5, 5.41) is 0. The monoisotopic (exact) mass is 194 g/mol. The predicted molar refractivity (Wildman–Crippen MR) is 53.4 cm³/mol. The molecular formula is C11H14O3. The number of hydrogen-bond acceptors (Lipinski definition) is 3. The summed E-state index contributed by atoms with van der Waals surface area (Å²) in [6.07, 6.45) is 0.930. The third-order valence-electron chi connectivity index (χ3n) is 2.33. The fraction of sp³-hybridized carbons (Fsp3) is 0.455. The van der Waals surface area contributed by atoms with Gasteiger partial charge in [0.25, 0.3) is 0 Å². The highest BCUT2D eigenvalue weighted by Crippen LogP contribution is 2.41. The molecule has 0 unspecified atom stereocenters. The minimum absolute atomic E-state index is 0.594. The molecule has 2 rings (SSSR count). The van der Waals surface area contributed by atoms with Gasteiger partial charge in [0.15, 0.2) is 11.5 Å². The maximum atomic E-state index is 5.54. The molecule has 0 N–H and O–H groups in total. The number of benzene rings is 1. The van der Waals surface area contributed by atoms with E-state index in [4.69, 9.17) is 14.2 Å². The van der Waals surface area contributed by atoms with E-state index in [0.29, 0.717) is 13.2 Å². The number of methoxy groups -OCH3 is 1. The molecule has 1 aliphatic rings. The van der Waals surface area contributed by atoms with Crippen molar-refractivity contribution in [3.8, 4) is 17.2 Å². The van der Waals surface area contributed by atoms with Crippen LogP contribution < -0.4 is 14.2 Å². The van der Waals surface area contributed by atoms with Crippen molar-refractivity contribution in [2.45, 2.75) is 13.3 Å². The average Bonchev–Trinajstić information content (AvgIpc) is 2.27. The third kappa shape index (κ3) is 1.39. The lowest BCUT2D eigenvalue weighted by atomic mass is 10.1. The van der Waals surface area contributed by atoms with Crippen LogP contribution in [0.2, 0.25) is 0 Å². The predicted octanol–water partition coefficient (Wildman–Crippen LogP) is 2.03. The van der Waals surface area contributed by atoms with Crippen LogP contribution in [0.1, 0.15) is 12.5 Å². The highest BCUT2D eigenvalue weighted by Gasteiger charge is 2.18. The number of ether oxygens (including phenoxy) is 3. The first-order valence-corrected chi connectivity index (χ1v) is 4.82. The Balaban J connectivity index is 2.50. The zero-order valence-electron chi connectivity index (χ0n) is 8.50. The van der Waals surface area contributed by atoms with E-state index >= 15 is 0 Å². The van der Waals surface area contributed by atoms with Crippen LogP contribution in [0.25, 0.3) is 0 Å². The van der Waals surface area contributed by atoms with Gasteiger partial charge in [-0.25, -0.2) is 0 Å². The second-order valence-electron chi connectivity index (χ2n) is 3.14. The van der Waals surface area contributed by atoms with Crippen LogP contribution in [0.5, 0.6) is 17.2 Å². The third-order valence-corrected chi connectivity index (χ3v) is 2.33. The van der Waals surface area contributed by atoms with Gasteiger partial charge in [-0.3, -0.25) is 0 Å². The molecule has 0 amide bonds. The summed E-state index contributed by atoms with van der Waals surface area (Å²) >= 11 is 0. The molecule has 3 nitrogen and oxygen atoms in total. The smallest absolute Gasteiger partial charge is 0.203 e. The lowest BCUT2D eigenvalue weighted by molar-refractivity contribution is 0.164. The fourth-order valence-corrected chi connectivity index (χ4v) is 1.63. The molecule has 1 aromatic carbocycles. The first-order chi connectivity index (χ1) is 6.86. The molecule has 0 spiro atoms. The van der Waals surface area contributed by atoms with Crippen molar-refractivity contribution in [1.29, 1.82) is 0 Å². The zero-order chi connectivity index (χ0) is 9.97. The Morgan fingerprint density at radius 3 is 2.79 bits per heavy atom. The first kappa shape index (κ1) is 9.19. The lowest BCUT2D eigenvalue weighted by Crippen LogP contribution is -2.16. The van der Waals surface area contributed by atoms with Crippen LogP contribution in [0.3, 0.4) is 0 Å². The van der Waals surface area contributed by atoms with Gasteiger partial charge in [-0.1, -0.05) is 13.0 Å². The van der Waals surface area contributed by atoms with E-state index in [1.54, 1.807) is 7.11 Å². The summed E-state index contributed by atoms with van der Waals surface area (Å²) in [6, 6.07) is 3.96. The van der Waals surface area contributed by atoms with Crippen molar-refractivity contribution in [2.75, 3.05) is 20.3 Å². The minimum atomic E-state index is 0.594. The molecule has 0 saturated heterocycles. The Morgan fingerprint density at radius 2 is 2.07 bits per heavy atom. The van der Waals surface area contributed by atoms with Crippen LogP contribution in [0, 0.1) is 0 Å². The number of hydrogen-bond donors (Lipinski definition) is 0. The average molecular weight is 194 g/mol. The van der Waals surface area contributed by atoms with Gasteiger partial charge in [-0.05, 0) is 18.1 Å². The van der Waals surface area contributed by atoms with E-state index in [9.17, 15) is 0 Å². The van der Waals surface area contributed by atoms with Crippen molar-refractivity contribution in [3.63, 3.8) is 0 Å². The second kappa shape index (κ2) is 3.78. The van der Waals surface area contributed by atoms with E-state index in [-0.39, 0.29) is 0 Å². The molecule has 76 valence electrons. The summed E-state index contributed by atoms with van der Waals surface area (Å²) in [5.74, 6) is 2.34. The Morgan fingerprint density at radius 1 is 1.29 bits per heavy atom. The van der Waals surface area contributed by atoms with Gasteiger partial charge >= 0.3 is 0 Å². The molecule has 0 atom stereocenters. The Bertz CT molecular complexity index is 319. The van der Waals surface area contributed by atoms with Gasteiger partial charge in [0.1, 0.15) is 13.2 Å². The molecule has 1 aromatic rings. The van der Waals surface area contributed by atoms with Crippen LogP contribution in [-0.4, -0.2) is 20.3 Å². The molecule has 3 heteroatoms. The first-order valence-electron chi connectivity index (χ1n) is 4.82. The van der Waals surface area contributed by atoms with Crippen LogP contribution in [0.15, 0.2) is 12.1 Å². The maximum absolute atomic E-state index is 5.54. The largest absolute Gasteiger partial charge is 0.492 e. The molecule has 1 heterocycles. The van der Waals surface area contributed by atoms with Crippen molar-refractivity contribution < 1.29 is 14.2 Å². The molecule has 0 radical (unpaired) electrons. The fourth-order valence-electron chi connectivity index (χ4n) is 1.63. The van der Waals surface area contributed by atoms with E-state index in [1.165, 1.54) is 0 Å². The van der Waals surface area contributed by atoms with E-state index in [2.05, 4.69) is 6.92 Å². The summed E-state index contributed by atoms with van der Waals surface area (Å²) in [5.41, 5.74) is 1.15. The molecule has 1 aliphatic heterocycles. The molecule has 0 bridgehead atoms. The number of fused-ring (bicyclic) bond motifs is 1. The standard InChI is InChI=1S/C11H14O3/c1-3-8-4-5-9-11(10(8)12-2)14-7-6-13-9/h4-5H,3,6-7H2,1-2H3. The molecule has 0 fully saturated rings. The van der Waals surface area contributed by atoms with Gasteiger partial charge in [0.05, 0.1) is 7.11 Å². The second-order valence-corrected chi connectivity index (χ2v) is 3.14. The Hall–Kier alpha value is -1.38. The van der Waals surface area contributed by atoms with Gasteiger partial charge < -0.3 is 14.2 Å². The summed E-state index contributed by atoms with van der Waals surface area (Å²) in [4.78, 5) is 0. The lowest BCUT2D eigenvalue weighted by Gasteiger charge is -2.21. The molecule has 0 aliphatic carbocycles. The topological polar surface area (TPSA) is 27.7 Å². The van der Waals surface area contributed by atoms with Crippen LogP contribution >= 0.6 is 0 Å². The van der Waals surface area contributed by atoms with Gasteiger partial charge in [0.2, 0.25) is 5.75 Å². The Labute approximate surface area is 83.6 Å². The van der Waals surface area contributed by atoms with Gasteiger partial charge in [0, 0.05) is 0 Å². The van der Waals surface area contributed by atoms with Crippen molar-refractivity contribution in [1.82, 2.24) is 0 Å². The van der Waals surface area contributed by atoms with Crippen molar-refractivity contribution in [2.24, 2.45) is 0 Å². The molecule has 0 saturated carbocycles. The van der Waals surface area contributed by atoms with Crippen molar-refractivity contribution in [3.05, 3.63) is 17.7 Å². The molecule has 0 aromatic heterocycles. The molecular weight excluding hydrogens is 180 g/mol. The normalized spacial score (nSPS) is 13.9. The highest BCUT2D eigenvalue weighted by atomic mass is 16.6. The zero-order valence-corrected chi connectivity index (χ0v) is 8.50.